The Bertz CT molecular complexity index is 310. The van der Waals surface area contributed by atoms with Crippen LogP contribution in [-0.4, -0.2) is 34.1 Å². The SMILES string of the molecule is CC1=CCC(C(C)(O)CCC=C(CO)CO)CC1. The van der Waals surface area contributed by atoms with Crippen molar-refractivity contribution >= 4 is 0 Å². The van der Waals surface area contributed by atoms with Gasteiger partial charge in [-0.1, -0.05) is 17.7 Å². The zero-order valence-electron chi connectivity index (χ0n) is 11.5. The molecule has 1 rings (SSSR count). The summed E-state index contributed by atoms with van der Waals surface area (Å²) in [7, 11) is 0. The number of hydrogen-bond acceptors (Lipinski definition) is 3. The van der Waals surface area contributed by atoms with Gasteiger partial charge in [-0.15, -0.1) is 0 Å². The molecule has 0 amide bonds. The minimum absolute atomic E-state index is 0.107. The Hall–Kier alpha value is -0.640. The van der Waals surface area contributed by atoms with Gasteiger partial charge in [-0.2, -0.15) is 0 Å². The van der Waals surface area contributed by atoms with Crippen LogP contribution in [0.2, 0.25) is 0 Å². The second-order valence-corrected chi connectivity index (χ2v) is 5.60. The van der Waals surface area contributed by atoms with E-state index in [2.05, 4.69) is 13.0 Å². The van der Waals surface area contributed by atoms with Crippen LogP contribution in [0.15, 0.2) is 23.3 Å². The fraction of sp³-hybridized carbons (Fsp3) is 0.733. The van der Waals surface area contributed by atoms with Crippen molar-refractivity contribution in [1.29, 1.82) is 0 Å². The molecule has 2 unspecified atom stereocenters. The summed E-state index contributed by atoms with van der Waals surface area (Å²) >= 11 is 0. The minimum Gasteiger partial charge on any atom is -0.392 e. The molecule has 0 bridgehead atoms. The number of aliphatic hydroxyl groups is 3. The van der Waals surface area contributed by atoms with Crippen molar-refractivity contribution in [2.45, 2.75) is 51.6 Å². The molecule has 1 aliphatic rings. The maximum Gasteiger partial charge on any atom is 0.0663 e. The van der Waals surface area contributed by atoms with Crippen molar-refractivity contribution in [3.63, 3.8) is 0 Å². The highest BCUT2D eigenvalue weighted by atomic mass is 16.3. The van der Waals surface area contributed by atoms with Crippen LogP contribution in [0.5, 0.6) is 0 Å². The lowest BCUT2D eigenvalue weighted by Crippen LogP contribution is -2.35. The summed E-state index contributed by atoms with van der Waals surface area (Å²) in [6.07, 6.45) is 8.51. The van der Waals surface area contributed by atoms with Crippen LogP contribution in [0.3, 0.4) is 0 Å². The summed E-state index contributed by atoms with van der Waals surface area (Å²) in [5.41, 5.74) is 1.39. The van der Waals surface area contributed by atoms with Crippen LogP contribution >= 0.6 is 0 Å². The third-order valence-corrected chi connectivity index (χ3v) is 4.01. The molecule has 0 aromatic rings. The van der Waals surface area contributed by atoms with E-state index in [1.807, 2.05) is 13.0 Å². The molecule has 104 valence electrons. The predicted molar refractivity (Wildman–Crippen MR) is 73.2 cm³/mol. The second kappa shape index (κ2) is 7.07. The average molecular weight is 254 g/mol. The third-order valence-electron chi connectivity index (χ3n) is 4.01. The third kappa shape index (κ3) is 4.56. The normalized spacial score (nSPS) is 23.2. The molecule has 1 aliphatic carbocycles. The lowest BCUT2D eigenvalue weighted by molar-refractivity contribution is -0.0122. The topological polar surface area (TPSA) is 60.7 Å². The Morgan fingerprint density at radius 1 is 1.44 bits per heavy atom. The van der Waals surface area contributed by atoms with Crippen molar-refractivity contribution in [2.24, 2.45) is 5.92 Å². The first kappa shape index (κ1) is 15.4. The molecule has 3 nitrogen and oxygen atoms in total. The van der Waals surface area contributed by atoms with Crippen LogP contribution in [0.25, 0.3) is 0 Å². The molecule has 0 fully saturated rings. The Morgan fingerprint density at radius 2 is 2.11 bits per heavy atom. The first-order valence-electron chi connectivity index (χ1n) is 6.77. The molecule has 0 spiro atoms. The molecular weight excluding hydrogens is 228 g/mol. The van der Waals surface area contributed by atoms with Crippen molar-refractivity contribution in [3.05, 3.63) is 23.3 Å². The van der Waals surface area contributed by atoms with E-state index >= 15 is 0 Å². The van der Waals surface area contributed by atoms with Crippen molar-refractivity contribution in [1.82, 2.24) is 0 Å². The molecule has 3 heteroatoms. The smallest absolute Gasteiger partial charge is 0.0663 e. The maximum absolute atomic E-state index is 10.5. The Labute approximate surface area is 110 Å². The van der Waals surface area contributed by atoms with Crippen LogP contribution in [0, 0.1) is 5.92 Å². The molecule has 0 saturated heterocycles. The number of rotatable bonds is 6. The largest absolute Gasteiger partial charge is 0.392 e. The fourth-order valence-corrected chi connectivity index (χ4v) is 2.48. The molecule has 2 atom stereocenters. The van der Waals surface area contributed by atoms with E-state index in [1.165, 1.54) is 5.57 Å². The maximum atomic E-state index is 10.5. The van der Waals surface area contributed by atoms with Crippen LogP contribution in [-0.2, 0) is 0 Å². The molecule has 0 aliphatic heterocycles. The minimum atomic E-state index is -0.663. The van der Waals surface area contributed by atoms with Gasteiger partial charge in [0.25, 0.3) is 0 Å². The zero-order chi connectivity index (χ0) is 13.6. The number of allylic oxidation sites excluding steroid dienone is 3. The highest BCUT2D eigenvalue weighted by molar-refractivity contribution is 5.07. The molecule has 0 aromatic heterocycles. The summed E-state index contributed by atoms with van der Waals surface area (Å²) in [6, 6.07) is 0. The number of hydrogen-bond donors (Lipinski definition) is 3. The van der Waals surface area contributed by atoms with E-state index in [1.54, 1.807) is 0 Å². The Balaban J connectivity index is 2.47. The summed E-state index contributed by atoms with van der Waals surface area (Å²) < 4.78 is 0. The fourth-order valence-electron chi connectivity index (χ4n) is 2.48. The first-order chi connectivity index (χ1) is 8.49. The van der Waals surface area contributed by atoms with E-state index in [4.69, 9.17) is 10.2 Å². The van der Waals surface area contributed by atoms with Gasteiger partial charge in [0, 0.05) is 0 Å². The van der Waals surface area contributed by atoms with Gasteiger partial charge in [0.15, 0.2) is 0 Å². The summed E-state index contributed by atoms with van der Waals surface area (Å²) in [4.78, 5) is 0. The summed E-state index contributed by atoms with van der Waals surface area (Å²) in [5.74, 6) is 0.321. The first-order valence-corrected chi connectivity index (χ1v) is 6.77. The van der Waals surface area contributed by atoms with E-state index in [9.17, 15) is 5.11 Å². The van der Waals surface area contributed by atoms with Gasteiger partial charge in [-0.3, -0.25) is 0 Å². The van der Waals surface area contributed by atoms with Crippen molar-refractivity contribution < 1.29 is 15.3 Å². The van der Waals surface area contributed by atoms with Crippen LogP contribution in [0.1, 0.15) is 46.0 Å². The molecule has 0 heterocycles. The van der Waals surface area contributed by atoms with Gasteiger partial charge >= 0.3 is 0 Å². The molecule has 18 heavy (non-hydrogen) atoms. The van der Waals surface area contributed by atoms with Gasteiger partial charge in [0.05, 0.1) is 18.8 Å². The lowest BCUT2D eigenvalue weighted by Gasteiger charge is -2.34. The van der Waals surface area contributed by atoms with E-state index in [0.29, 0.717) is 24.3 Å². The van der Waals surface area contributed by atoms with Gasteiger partial charge in [-0.25, -0.2) is 0 Å². The van der Waals surface area contributed by atoms with Crippen LogP contribution in [0.4, 0.5) is 0 Å². The highest BCUT2D eigenvalue weighted by Crippen LogP contribution is 2.34. The van der Waals surface area contributed by atoms with E-state index < -0.39 is 5.60 Å². The second-order valence-electron chi connectivity index (χ2n) is 5.60. The predicted octanol–water partition coefficient (Wildman–Crippen LogP) is 2.17. The van der Waals surface area contributed by atoms with Gasteiger partial charge in [0.2, 0.25) is 0 Å². The summed E-state index contributed by atoms with van der Waals surface area (Å²) in [6.45, 7) is 3.83. The molecule has 3 N–H and O–H groups in total. The molecule has 0 aromatic carbocycles. The van der Waals surface area contributed by atoms with Gasteiger partial charge in [0.1, 0.15) is 0 Å². The highest BCUT2D eigenvalue weighted by Gasteiger charge is 2.31. The van der Waals surface area contributed by atoms with Gasteiger partial charge < -0.3 is 15.3 Å². The van der Waals surface area contributed by atoms with E-state index in [0.717, 1.165) is 19.3 Å². The average Bonchev–Trinajstić information content (AvgIpc) is 2.35. The Morgan fingerprint density at radius 3 is 2.61 bits per heavy atom. The van der Waals surface area contributed by atoms with Crippen LogP contribution < -0.4 is 0 Å². The van der Waals surface area contributed by atoms with E-state index in [-0.39, 0.29) is 13.2 Å². The lowest BCUT2D eigenvalue weighted by atomic mass is 9.76. The molecule has 0 radical (unpaired) electrons. The zero-order valence-corrected chi connectivity index (χ0v) is 11.5. The number of aliphatic hydroxyl groups excluding tert-OH is 2. The van der Waals surface area contributed by atoms with Crippen molar-refractivity contribution in [2.75, 3.05) is 13.2 Å². The molecule has 0 saturated carbocycles. The monoisotopic (exact) mass is 254 g/mol. The van der Waals surface area contributed by atoms with Crippen molar-refractivity contribution in [3.8, 4) is 0 Å². The Kier molecular flexibility index (Phi) is 6.06. The quantitative estimate of drug-likeness (QED) is 0.637. The standard InChI is InChI=1S/C15H26O3/c1-12-5-7-14(8-6-12)15(2,18)9-3-4-13(10-16)11-17/h4-5,14,16-18H,3,6-11H2,1-2H3. The summed E-state index contributed by atoms with van der Waals surface area (Å²) in [5, 5.41) is 28.4. The van der Waals surface area contributed by atoms with Gasteiger partial charge in [-0.05, 0) is 57.4 Å². The molecular formula is C15H26O3.